The van der Waals surface area contributed by atoms with Crippen LogP contribution in [0.5, 0.6) is 0 Å². The number of esters is 1. The Morgan fingerprint density at radius 1 is 1.35 bits per heavy atom. The smallest absolute Gasteiger partial charge is 0.333 e. The zero-order valence-corrected chi connectivity index (χ0v) is 9.63. The molecule has 2 N–H and O–H groups in total. The summed E-state index contributed by atoms with van der Waals surface area (Å²) in [7, 11) is 0. The Bertz CT molecular complexity index is 375. The maximum Gasteiger partial charge on any atom is 0.333 e. The predicted octanol–water partition coefficient (Wildman–Crippen LogP) is 0.576. The molecular weight excluding hydrogens is 224 g/mol. The maximum atomic E-state index is 11.4. The molecule has 2 bridgehead atoms. The van der Waals surface area contributed by atoms with Gasteiger partial charge in [-0.3, -0.25) is 4.79 Å². The van der Waals surface area contributed by atoms with E-state index in [1.165, 1.54) is 6.92 Å². The number of aliphatic carboxylic acids is 1. The van der Waals surface area contributed by atoms with E-state index in [9.17, 15) is 14.7 Å². The van der Waals surface area contributed by atoms with Crippen molar-refractivity contribution in [1.82, 2.24) is 0 Å². The first kappa shape index (κ1) is 12.1. The van der Waals surface area contributed by atoms with Crippen LogP contribution in [0.1, 0.15) is 19.8 Å². The number of fused-ring (bicyclic) bond motifs is 2. The van der Waals surface area contributed by atoms with Crippen molar-refractivity contribution < 1.29 is 24.5 Å². The highest BCUT2D eigenvalue weighted by Gasteiger charge is 2.56. The number of hydrogen-bond donors (Lipinski definition) is 2. The van der Waals surface area contributed by atoms with Crippen molar-refractivity contribution in [2.45, 2.75) is 32.0 Å². The van der Waals surface area contributed by atoms with Crippen molar-refractivity contribution in [2.24, 2.45) is 17.8 Å². The number of ether oxygens (including phenoxy) is 1. The third kappa shape index (κ3) is 1.95. The van der Waals surface area contributed by atoms with Gasteiger partial charge in [0.05, 0.1) is 12.0 Å². The van der Waals surface area contributed by atoms with Gasteiger partial charge in [0.15, 0.2) is 0 Å². The van der Waals surface area contributed by atoms with Gasteiger partial charge in [-0.05, 0) is 25.7 Å². The van der Waals surface area contributed by atoms with E-state index in [1.807, 2.05) is 0 Å². The van der Waals surface area contributed by atoms with E-state index in [1.54, 1.807) is 0 Å². The average Bonchev–Trinajstić information content (AvgIpc) is 2.78. The molecule has 0 aliphatic heterocycles. The summed E-state index contributed by atoms with van der Waals surface area (Å²) in [6.45, 7) is 4.99. The van der Waals surface area contributed by atoms with Gasteiger partial charge in [-0.2, -0.15) is 0 Å². The fourth-order valence-electron chi connectivity index (χ4n) is 2.94. The molecule has 0 spiro atoms. The molecule has 0 aromatic heterocycles. The van der Waals surface area contributed by atoms with Crippen molar-refractivity contribution in [1.29, 1.82) is 0 Å². The number of aliphatic hydroxyl groups excluding tert-OH is 1. The predicted molar refractivity (Wildman–Crippen MR) is 58.0 cm³/mol. The summed E-state index contributed by atoms with van der Waals surface area (Å²) in [5.74, 6) is -2.28. The second-order valence-corrected chi connectivity index (χ2v) is 4.98. The Morgan fingerprint density at radius 2 is 2.00 bits per heavy atom. The quantitative estimate of drug-likeness (QED) is 0.556. The van der Waals surface area contributed by atoms with Gasteiger partial charge in [0.25, 0.3) is 0 Å². The monoisotopic (exact) mass is 240 g/mol. The molecule has 5 heteroatoms. The first-order valence-corrected chi connectivity index (χ1v) is 5.69. The van der Waals surface area contributed by atoms with Gasteiger partial charge in [-0.1, -0.05) is 6.58 Å². The summed E-state index contributed by atoms with van der Waals surface area (Å²) < 4.78 is 5.15. The highest BCUT2D eigenvalue weighted by atomic mass is 16.6. The van der Waals surface area contributed by atoms with Crippen LogP contribution in [0.4, 0.5) is 0 Å². The molecule has 0 saturated heterocycles. The maximum absolute atomic E-state index is 11.4. The lowest BCUT2D eigenvalue weighted by molar-refractivity contribution is -0.162. The van der Waals surface area contributed by atoms with Crippen molar-refractivity contribution in [3.8, 4) is 0 Å². The van der Waals surface area contributed by atoms with E-state index in [2.05, 4.69) is 6.58 Å². The summed E-state index contributed by atoms with van der Waals surface area (Å²) in [6, 6.07) is 0. The number of rotatable bonds is 3. The third-order valence-corrected chi connectivity index (χ3v) is 3.80. The molecule has 2 saturated carbocycles. The van der Waals surface area contributed by atoms with Crippen LogP contribution in [0.3, 0.4) is 0 Å². The highest BCUT2D eigenvalue weighted by Crippen LogP contribution is 2.50. The first-order chi connectivity index (χ1) is 7.91. The molecule has 5 atom stereocenters. The largest absolute Gasteiger partial charge is 0.481 e. The summed E-state index contributed by atoms with van der Waals surface area (Å²) >= 11 is 0. The van der Waals surface area contributed by atoms with E-state index in [0.29, 0.717) is 12.8 Å². The zero-order valence-electron chi connectivity index (χ0n) is 9.63. The molecule has 0 radical (unpaired) electrons. The van der Waals surface area contributed by atoms with E-state index in [-0.39, 0.29) is 17.4 Å². The summed E-state index contributed by atoms with van der Waals surface area (Å²) in [5, 5.41) is 19.0. The van der Waals surface area contributed by atoms with E-state index < -0.39 is 30.1 Å². The van der Waals surface area contributed by atoms with Gasteiger partial charge in [-0.25, -0.2) is 4.79 Å². The van der Waals surface area contributed by atoms with Gasteiger partial charge >= 0.3 is 11.9 Å². The van der Waals surface area contributed by atoms with Crippen LogP contribution in [-0.2, 0) is 14.3 Å². The number of carbonyl (C=O) groups excluding carboxylic acids is 1. The second-order valence-electron chi connectivity index (χ2n) is 4.98. The summed E-state index contributed by atoms with van der Waals surface area (Å²) in [4.78, 5) is 22.4. The molecule has 2 fully saturated rings. The lowest BCUT2D eigenvalue weighted by Crippen LogP contribution is -2.42. The fraction of sp³-hybridized carbons (Fsp3) is 0.667. The van der Waals surface area contributed by atoms with Crippen LogP contribution in [0.15, 0.2) is 12.2 Å². The Balaban J connectivity index is 2.10. The molecule has 2 aliphatic carbocycles. The minimum atomic E-state index is -0.874. The third-order valence-electron chi connectivity index (χ3n) is 3.80. The number of carbonyl (C=O) groups is 2. The Morgan fingerprint density at radius 3 is 2.47 bits per heavy atom. The molecule has 2 aliphatic rings. The molecule has 94 valence electrons. The number of carboxylic acid groups (broad SMARTS) is 1. The number of carboxylic acids is 1. The normalized spacial score (nSPS) is 39.1. The van der Waals surface area contributed by atoms with Gasteiger partial charge in [-0.15, -0.1) is 0 Å². The second kappa shape index (κ2) is 4.14. The minimum absolute atomic E-state index is 0.0657. The number of aliphatic hydroxyl groups is 1. The molecule has 2 rings (SSSR count). The SMILES string of the molecule is C=C(C)C(=O)OC1C(O)C2CC(C(=O)O)C1C2. The Hall–Kier alpha value is -1.36. The van der Waals surface area contributed by atoms with Crippen LogP contribution in [0.2, 0.25) is 0 Å². The Kier molecular flexibility index (Phi) is 2.95. The van der Waals surface area contributed by atoms with Gasteiger partial charge in [0, 0.05) is 11.5 Å². The molecule has 0 aromatic rings. The van der Waals surface area contributed by atoms with Crippen molar-refractivity contribution in [3.63, 3.8) is 0 Å². The lowest BCUT2D eigenvalue weighted by atomic mass is 9.85. The topological polar surface area (TPSA) is 83.8 Å². The van der Waals surface area contributed by atoms with Crippen molar-refractivity contribution in [2.75, 3.05) is 0 Å². The average molecular weight is 240 g/mol. The number of hydrogen-bond acceptors (Lipinski definition) is 4. The van der Waals surface area contributed by atoms with Crippen LogP contribution in [0.25, 0.3) is 0 Å². The van der Waals surface area contributed by atoms with Gasteiger partial charge < -0.3 is 14.9 Å². The molecule has 0 aromatic carbocycles. The molecule has 17 heavy (non-hydrogen) atoms. The Labute approximate surface area is 99.1 Å². The summed E-state index contributed by atoms with van der Waals surface area (Å²) in [5.41, 5.74) is 0.256. The highest BCUT2D eigenvalue weighted by molar-refractivity contribution is 5.87. The molecular formula is C12H16O5. The fourth-order valence-corrected chi connectivity index (χ4v) is 2.94. The molecule has 5 nitrogen and oxygen atoms in total. The van der Waals surface area contributed by atoms with E-state index in [4.69, 9.17) is 9.84 Å². The lowest BCUT2D eigenvalue weighted by Gasteiger charge is -2.30. The molecule has 5 unspecified atom stereocenters. The molecule has 0 heterocycles. The summed E-state index contributed by atoms with van der Waals surface area (Å²) in [6.07, 6.45) is -0.341. The van der Waals surface area contributed by atoms with Crippen molar-refractivity contribution in [3.05, 3.63) is 12.2 Å². The first-order valence-electron chi connectivity index (χ1n) is 5.69. The van der Waals surface area contributed by atoms with Gasteiger partial charge in [0.1, 0.15) is 6.10 Å². The van der Waals surface area contributed by atoms with Crippen LogP contribution >= 0.6 is 0 Å². The minimum Gasteiger partial charge on any atom is -0.481 e. The molecule has 0 amide bonds. The van der Waals surface area contributed by atoms with Crippen molar-refractivity contribution >= 4 is 11.9 Å². The van der Waals surface area contributed by atoms with Crippen LogP contribution < -0.4 is 0 Å². The van der Waals surface area contributed by atoms with E-state index >= 15 is 0 Å². The van der Waals surface area contributed by atoms with Crippen LogP contribution in [0, 0.1) is 17.8 Å². The van der Waals surface area contributed by atoms with Gasteiger partial charge in [0.2, 0.25) is 0 Å². The zero-order chi connectivity index (χ0) is 12.7. The van der Waals surface area contributed by atoms with E-state index in [0.717, 1.165) is 0 Å². The van der Waals surface area contributed by atoms with Crippen LogP contribution in [-0.4, -0.2) is 34.4 Å². The standard InChI is InChI=1S/C12H16O5/c1-5(2)12(16)17-10-7-3-6(9(10)13)4-8(7)11(14)15/h6-10,13H,1,3-4H2,2H3,(H,14,15).